The zero-order valence-corrected chi connectivity index (χ0v) is 13.3. The molecule has 1 aromatic carbocycles. The van der Waals surface area contributed by atoms with Crippen LogP contribution in [0.2, 0.25) is 0 Å². The molecule has 1 atom stereocenters. The van der Waals surface area contributed by atoms with Crippen molar-refractivity contribution in [3.8, 4) is 6.07 Å². The van der Waals surface area contributed by atoms with Gasteiger partial charge in [-0.2, -0.15) is 5.26 Å². The van der Waals surface area contributed by atoms with Crippen LogP contribution in [0.15, 0.2) is 66.3 Å². The van der Waals surface area contributed by atoms with E-state index in [4.69, 9.17) is 10.7 Å². The van der Waals surface area contributed by atoms with Crippen LogP contribution in [-0.4, -0.2) is 11.8 Å². The van der Waals surface area contributed by atoms with Gasteiger partial charge in [0, 0.05) is 23.9 Å². The summed E-state index contributed by atoms with van der Waals surface area (Å²) < 4.78 is 0. The topological polar surface area (TPSA) is 59.7 Å². The summed E-state index contributed by atoms with van der Waals surface area (Å²) in [5.41, 5.74) is 3.01. The van der Waals surface area contributed by atoms with Crippen molar-refractivity contribution < 1.29 is 0 Å². The normalized spacial score (nSPS) is 13.1. The Labute approximate surface area is 133 Å². The average Bonchev–Trinajstić information content (AvgIpc) is 2.55. The first-order valence-corrected chi connectivity index (χ1v) is 7.41. The number of nitrogens with one attached hydrogen (secondary N) is 2. The van der Waals surface area contributed by atoms with Gasteiger partial charge >= 0.3 is 0 Å². The van der Waals surface area contributed by atoms with Crippen molar-refractivity contribution in [3.63, 3.8) is 0 Å². The van der Waals surface area contributed by atoms with Crippen LogP contribution in [0.1, 0.15) is 26.7 Å². The summed E-state index contributed by atoms with van der Waals surface area (Å²) in [6.45, 7) is 7.58. The van der Waals surface area contributed by atoms with E-state index in [0.29, 0.717) is 17.7 Å². The molecule has 2 N–H and O–H groups in total. The molecule has 0 heterocycles. The van der Waals surface area contributed by atoms with E-state index in [0.717, 1.165) is 17.7 Å². The molecule has 0 aliphatic carbocycles. The van der Waals surface area contributed by atoms with E-state index in [9.17, 15) is 0 Å². The summed E-state index contributed by atoms with van der Waals surface area (Å²) in [5.74, 6) is 0. The Morgan fingerprint density at radius 2 is 2.05 bits per heavy atom. The molecule has 0 fully saturated rings. The number of rotatable bonds is 8. The van der Waals surface area contributed by atoms with Gasteiger partial charge in [-0.25, -0.2) is 0 Å². The van der Waals surface area contributed by atoms with Gasteiger partial charge in [-0.3, -0.25) is 0 Å². The molecule has 0 bridgehead atoms. The summed E-state index contributed by atoms with van der Waals surface area (Å²) >= 11 is 0. The van der Waals surface area contributed by atoms with Crippen LogP contribution >= 0.6 is 0 Å². The molecule has 3 nitrogen and oxygen atoms in total. The molecular weight excluding hydrogens is 270 g/mol. The number of anilines is 1. The highest BCUT2D eigenvalue weighted by atomic mass is 14.9. The minimum atomic E-state index is 0.220. The predicted molar refractivity (Wildman–Crippen MR) is 94.1 cm³/mol. The first-order chi connectivity index (χ1) is 10.6. The van der Waals surface area contributed by atoms with Crippen LogP contribution in [0.25, 0.3) is 0 Å². The number of nitriles is 1. The smallest absolute Gasteiger partial charge is 0.0991 e. The third kappa shape index (κ3) is 5.80. The van der Waals surface area contributed by atoms with E-state index in [-0.39, 0.29) is 6.04 Å². The zero-order valence-electron chi connectivity index (χ0n) is 13.3. The van der Waals surface area contributed by atoms with E-state index in [1.54, 1.807) is 12.2 Å². The third-order valence-electron chi connectivity index (χ3n) is 3.43. The number of allylic oxidation sites excluding steroid dienone is 5. The lowest BCUT2D eigenvalue weighted by atomic mass is 10.0. The molecule has 0 spiro atoms. The van der Waals surface area contributed by atoms with Gasteiger partial charge in [0.05, 0.1) is 11.6 Å². The van der Waals surface area contributed by atoms with E-state index in [1.165, 1.54) is 6.08 Å². The quantitative estimate of drug-likeness (QED) is 0.408. The van der Waals surface area contributed by atoms with Crippen molar-refractivity contribution >= 4 is 11.4 Å². The Kier molecular flexibility index (Phi) is 7.42. The summed E-state index contributed by atoms with van der Waals surface area (Å²) in [4.78, 5) is 0. The highest BCUT2D eigenvalue weighted by Crippen LogP contribution is 2.13. The van der Waals surface area contributed by atoms with Gasteiger partial charge < -0.3 is 10.7 Å². The molecule has 1 aromatic rings. The molecule has 0 radical (unpaired) electrons. The molecule has 0 aliphatic rings. The van der Waals surface area contributed by atoms with Crippen molar-refractivity contribution in [2.24, 2.45) is 0 Å². The lowest BCUT2D eigenvalue weighted by molar-refractivity contribution is 0.720. The molecule has 0 amide bonds. The standard InChI is InChI=1S/C19H23N3/c1-4-16(14-20)12-11-15(3)19(21)13-17(5-2)22-18-9-7-6-8-10-18/h4,6-12,17,21-22H,1,5,13H2,2-3H3/b15-11+,16-12+,21-19?. The fraction of sp³-hybridized carbons (Fsp3) is 0.263. The molecule has 1 unspecified atom stereocenters. The zero-order chi connectivity index (χ0) is 16.4. The van der Waals surface area contributed by atoms with Gasteiger partial charge in [0.2, 0.25) is 0 Å². The molecule has 3 heteroatoms. The number of nitrogens with zero attached hydrogens (tertiary/aromatic N) is 1. The van der Waals surface area contributed by atoms with E-state index >= 15 is 0 Å². The minimum absolute atomic E-state index is 0.220. The van der Waals surface area contributed by atoms with Crippen LogP contribution < -0.4 is 5.32 Å². The highest BCUT2D eigenvalue weighted by molar-refractivity contribution is 5.98. The van der Waals surface area contributed by atoms with Crippen molar-refractivity contribution in [2.45, 2.75) is 32.7 Å². The maximum absolute atomic E-state index is 8.84. The van der Waals surface area contributed by atoms with E-state index in [1.807, 2.05) is 43.3 Å². The van der Waals surface area contributed by atoms with Crippen LogP contribution in [0.3, 0.4) is 0 Å². The molecule has 0 aromatic heterocycles. The molecule has 0 saturated heterocycles. The predicted octanol–water partition coefficient (Wildman–Crippen LogP) is 4.87. The Balaban J connectivity index is 2.69. The lowest BCUT2D eigenvalue weighted by Gasteiger charge is -2.19. The third-order valence-corrected chi connectivity index (χ3v) is 3.43. The molecule has 0 saturated carbocycles. The van der Waals surface area contributed by atoms with E-state index < -0.39 is 0 Å². The Morgan fingerprint density at radius 3 is 2.59 bits per heavy atom. The fourth-order valence-corrected chi connectivity index (χ4v) is 1.94. The van der Waals surface area contributed by atoms with Crippen LogP contribution in [0.5, 0.6) is 0 Å². The Hall–Kier alpha value is -2.60. The lowest BCUT2D eigenvalue weighted by Crippen LogP contribution is -2.22. The second kappa shape index (κ2) is 9.36. The van der Waals surface area contributed by atoms with Crippen molar-refractivity contribution in [3.05, 3.63) is 66.3 Å². The fourth-order valence-electron chi connectivity index (χ4n) is 1.94. The number of hydrogen-bond donors (Lipinski definition) is 2. The second-order valence-corrected chi connectivity index (χ2v) is 5.09. The molecule has 22 heavy (non-hydrogen) atoms. The first kappa shape index (κ1) is 17.5. The van der Waals surface area contributed by atoms with Crippen molar-refractivity contribution in [2.75, 3.05) is 5.32 Å². The van der Waals surface area contributed by atoms with Crippen LogP contribution in [-0.2, 0) is 0 Å². The van der Waals surface area contributed by atoms with Crippen LogP contribution in [0, 0.1) is 16.7 Å². The summed E-state index contributed by atoms with van der Waals surface area (Å²) in [6.07, 6.45) is 6.60. The largest absolute Gasteiger partial charge is 0.382 e. The maximum Gasteiger partial charge on any atom is 0.0991 e. The summed E-state index contributed by atoms with van der Waals surface area (Å²) in [5, 5.41) is 20.5. The summed E-state index contributed by atoms with van der Waals surface area (Å²) in [7, 11) is 0. The number of benzene rings is 1. The SMILES string of the molecule is C=C/C(C#N)=C\C=C(/C)C(=N)CC(CC)Nc1ccccc1. The van der Waals surface area contributed by atoms with Gasteiger partial charge in [0.1, 0.15) is 0 Å². The first-order valence-electron chi connectivity index (χ1n) is 7.41. The molecule has 1 rings (SSSR count). The monoisotopic (exact) mass is 293 g/mol. The highest BCUT2D eigenvalue weighted by Gasteiger charge is 2.10. The van der Waals surface area contributed by atoms with Gasteiger partial charge in [-0.1, -0.05) is 43.9 Å². The van der Waals surface area contributed by atoms with Gasteiger partial charge in [-0.15, -0.1) is 0 Å². The van der Waals surface area contributed by atoms with Gasteiger partial charge in [0.15, 0.2) is 0 Å². The van der Waals surface area contributed by atoms with Gasteiger partial charge in [0.25, 0.3) is 0 Å². The van der Waals surface area contributed by atoms with Crippen molar-refractivity contribution in [1.29, 1.82) is 10.7 Å². The second-order valence-electron chi connectivity index (χ2n) is 5.09. The molecular formula is C19H23N3. The van der Waals surface area contributed by atoms with E-state index in [2.05, 4.69) is 18.8 Å². The Bertz CT molecular complexity index is 603. The summed E-state index contributed by atoms with van der Waals surface area (Å²) in [6, 6.07) is 12.3. The van der Waals surface area contributed by atoms with Crippen LogP contribution in [0.4, 0.5) is 5.69 Å². The average molecular weight is 293 g/mol. The number of hydrogen-bond acceptors (Lipinski definition) is 3. The number of para-hydroxylation sites is 1. The molecule has 0 aliphatic heterocycles. The molecule has 114 valence electrons. The van der Waals surface area contributed by atoms with Crippen molar-refractivity contribution in [1.82, 2.24) is 0 Å². The van der Waals surface area contributed by atoms with Gasteiger partial charge in [-0.05, 0) is 37.1 Å². The maximum atomic E-state index is 8.84. The minimum Gasteiger partial charge on any atom is -0.382 e. The Morgan fingerprint density at radius 1 is 1.36 bits per heavy atom.